The molecule has 0 unspecified atom stereocenters. The van der Waals surface area contributed by atoms with Crippen molar-refractivity contribution >= 4 is 28.5 Å². The van der Waals surface area contributed by atoms with Gasteiger partial charge < -0.3 is 11.1 Å². The molecule has 1 amide bonds. The third kappa shape index (κ3) is 3.82. The fourth-order valence-corrected chi connectivity index (χ4v) is 4.65. The van der Waals surface area contributed by atoms with E-state index in [2.05, 4.69) is 42.4 Å². The molecule has 4 rings (SSSR count). The Morgan fingerprint density at radius 2 is 1.87 bits per heavy atom. The zero-order chi connectivity index (χ0) is 22.1. The number of carbonyl (C=O) groups excluding carboxylic acids is 1. The molecule has 7 heteroatoms. The zero-order valence-electron chi connectivity index (χ0n) is 17.6. The maximum Gasteiger partial charge on any atom is 0.255 e. The Morgan fingerprint density at radius 1 is 1.19 bits per heavy atom. The molecule has 2 aromatic rings. The van der Waals surface area contributed by atoms with E-state index in [1.165, 1.54) is 17.3 Å². The van der Waals surface area contributed by atoms with Crippen LogP contribution in [0.4, 0.5) is 5.69 Å². The molecule has 0 radical (unpaired) electrons. The van der Waals surface area contributed by atoms with Gasteiger partial charge in [-0.2, -0.15) is 5.26 Å². The summed E-state index contributed by atoms with van der Waals surface area (Å²) in [5.74, 6) is 0.475. The van der Waals surface area contributed by atoms with Gasteiger partial charge in [0.15, 0.2) is 5.17 Å². The number of thioether (sulfide) groups is 1. The van der Waals surface area contributed by atoms with E-state index in [1.54, 1.807) is 4.90 Å². The van der Waals surface area contributed by atoms with Crippen molar-refractivity contribution in [1.82, 2.24) is 4.90 Å². The molecule has 0 saturated heterocycles. The smallest absolute Gasteiger partial charge is 0.255 e. The van der Waals surface area contributed by atoms with Crippen LogP contribution in [0.25, 0.3) is 0 Å². The highest BCUT2D eigenvalue weighted by Gasteiger charge is 2.42. The van der Waals surface area contributed by atoms with Gasteiger partial charge in [-0.15, -0.1) is 0 Å². The summed E-state index contributed by atoms with van der Waals surface area (Å²) in [5, 5.41) is 13.1. The highest BCUT2D eigenvalue weighted by atomic mass is 32.2. The number of rotatable bonds is 4. The maximum absolute atomic E-state index is 13.4. The number of allylic oxidation sites excluding steroid dienone is 2. The molecule has 2 aromatic carbocycles. The van der Waals surface area contributed by atoms with Crippen molar-refractivity contribution in [3.8, 4) is 6.07 Å². The van der Waals surface area contributed by atoms with Crippen LogP contribution in [0.5, 0.6) is 0 Å². The first-order valence-electron chi connectivity index (χ1n) is 10.0. The van der Waals surface area contributed by atoms with E-state index in [4.69, 9.17) is 5.73 Å². The van der Waals surface area contributed by atoms with Crippen molar-refractivity contribution in [2.24, 2.45) is 10.7 Å². The topological polar surface area (TPSA) is 94.5 Å². The summed E-state index contributed by atoms with van der Waals surface area (Å²) in [4.78, 5) is 20.2. The lowest BCUT2D eigenvalue weighted by Crippen LogP contribution is -2.39. The third-order valence-corrected chi connectivity index (χ3v) is 6.35. The van der Waals surface area contributed by atoms with Crippen LogP contribution in [-0.4, -0.2) is 16.0 Å². The number of hydrogen-bond donors (Lipinski definition) is 2. The molecule has 2 aliphatic heterocycles. The van der Waals surface area contributed by atoms with Crippen molar-refractivity contribution in [2.75, 3.05) is 5.32 Å². The number of nitriles is 1. The Bertz CT molecular complexity index is 1160. The van der Waals surface area contributed by atoms with E-state index in [1.807, 2.05) is 49.4 Å². The van der Waals surface area contributed by atoms with E-state index in [-0.39, 0.29) is 5.91 Å². The molecule has 3 N–H and O–H groups in total. The number of hydrogen-bond acceptors (Lipinski definition) is 6. The van der Waals surface area contributed by atoms with E-state index in [0.29, 0.717) is 38.8 Å². The summed E-state index contributed by atoms with van der Waals surface area (Å²) in [6.07, 6.45) is 0. The van der Waals surface area contributed by atoms with Gasteiger partial charge in [-0.05, 0) is 47.9 Å². The number of anilines is 1. The highest BCUT2D eigenvalue weighted by molar-refractivity contribution is 8.17. The molecule has 2 aliphatic rings. The molecule has 156 valence electrons. The molecule has 0 aliphatic carbocycles. The summed E-state index contributed by atoms with van der Waals surface area (Å²) in [6, 6.07) is 19.2. The Morgan fingerprint density at radius 3 is 2.48 bits per heavy atom. The number of carbonyl (C=O) groups is 1. The van der Waals surface area contributed by atoms with Gasteiger partial charge in [-0.25, -0.2) is 4.99 Å². The van der Waals surface area contributed by atoms with Crippen molar-refractivity contribution in [3.05, 3.63) is 87.7 Å². The van der Waals surface area contributed by atoms with Crippen LogP contribution in [0.1, 0.15) is 43.9 Å². The van der Waals surface area contributed by atoms with E-state index in [9.17, 15) is 10.1 Å². The number of nitrogens with one attached hydrogen (secondary N) is 1. The first kappa shape index (κ1) is 20.8. The monoisotopic (exact) mass is 429 g/mol. The molecule has 31 heavy (non-hydrogen) atoms. The van der Waals surface area contributed by atoms with Crippen LogP contribution in [0.15, 0.2) is 81.6 Å². The van der Waals surface area contributed by atoms with Gasteiger partial charge in [0.1, 0.15) is 16.8 Å². The van der Waals surface area contributed by atoms with Gasteiger partial charge in [-0.3, -0.25) is 9.69 Å². The van der Waals surface area contributed by atoms with Crippen LogP contribution < -0.4 is 11.1 Å². The standard InChI is InChI=1S/C24H23N5OS/c1-14(2)16-9-11-17(12-10-16)21-20(23(30)28-18-7-5-4-6-8-18)15(3)27-24-29(21)22(26)19(13-25)31-24/h4-12,14,21H,26H2,1-3H3,(H,28,30)/t21-/m0/s1. The van der Waals surface area contributed by atoms with Crippen LogP contribution >= 0.6 is 11.8 Å². The van der Waals surface area contributed by atoms with Gasteiger partial charge in [-0.1, -0.05) is 56.3 Å². The van der Waals surface area contributed by atoms with E-state index < -0.39 is 6.04 Å². The average molecular weight is 430 g/mol. The van der Waals surface area contributed by atoms with Crippen LogP contribution in [-0.2, 0) is 4.79 Å². The van der Waals surface area contributed by atoms with Gasteiger partial charge in [0.25, 0.3) is 5.91 Å². The van der Waals surface area contributed by atoms with Crippen LogP contribution in [0.3, 0.4) is 0 Å². The van der Waals surface area contributed by atoms with Crippen LogP contribution in [0.2, 0.25) is 0 Å². The van der Waals surface area contributed by atoms with Crippen molar-refractivity contribution in [1.29, 1.82) is 5.26 Å². The fraction of sp³-hybridized carbons (Fsp3) is 0.208. The molecule has 0 saturated carbocycles. The minimum atomic E-state index is -0.476. The maximum atomic E-state index is 13.4. The number of amides is 1. The Kier molecular flexibility index (Phi) is 5.57. The summed E-state index contributed by atoms with van der Waals surface area (Å²) in [7, 11) is 0. The molecule has 1 atom stereocenters. The molecule has 0 aromatic heterocycles. The van der Waals surface area contributed by atoms with E-state index in [0.717, 1.165) is 5.56 Å². The number of nitrogens with zero attached hydrogens (tertiary/aromatic N) is 3. The number of para-hydroxylation sites is 1. The normalized spacial score (nSPS) is 18.1. The van der Waals surface area contributed by atoms with Gasteiger partial charge in [0.05, 0.1) is 17.3 Å². The van der Waals surface area contributed by atoms with E-state index >= 15 is 0 Å². The summed E-state index contributed by atoms with van der Waals surface area (Å²) in [6.45, 7) is 6.10. The largest absolute Gasteiger partial charge is 0.383 e. The molecule has 6 nitrogen and oxygen atoms in total. The molecule has 0 bridgehead atoms. The SMILES string of the molecule is CC1=C(C(=O)Nc2ccccc2)[C@H](c2ccc(C(C)C)cc2)N2C(=N1)SC(C#N)=C2N. The predicted octanol–water partition coefficient (Wildman–Crippen LogP) is 4.83. The van der Waals surface area contributed by atoms with Gasteiger partial charge >= 0.3 is 0 Å². The predicted molar refractivity (Wildman–Crippen MR) is 125 cm³/mol. The van der Waals surface area contributed by atoms with Crippen molar-refractivity contribution in [2.45, 2.75) is 32.7 Å². The quantitative estimate of drug-likeness (QED) is 0.726. The second-order valence-corrected chi connectivity index (χ2v) is 8.71. The summed E-state index contributed by atoms with van der Waals surface area (Å²) in [5.41, 5.74) is 10.3. The summed E-state index contributed by atoms with van der Waals surface area (Å²) < 4.78 is 0. The van der Waals surface area contributed by atoms with Gasteiger partial charge in [0, 0.05) is 5.69 Å². The van der Waals surface area contributed by atoms with Gasteiger partial charge in [0.2, 0.25) is 0 Å². The molecule has 0 fully saturated rings. The lowest BCUT2D eigenvalue weighted by Gasteiger charge is -2.35. The lowest BCUT2D eigenvalue weighted by atomic mass is 9.91. The number of fused-ring (bicyclic) bond motifs is 1. The Hall–Kier alpha value is -3.50. The molecular formula is C24H23N5OS. The number of amidine groups is 1. The van der Waals surface area contributed by atoms with Crippen molar-refractivity contribution in [3.63, 3.8) is 0 Å². The minimum absolute atomic E-state index is 0.243. The number of nitrogens with two attached hydrogens (primary N) is 1. The first-order valence-corrected chi connectivity index (χ1v) is 10.8. The number of benzene rings is 2. The molecule has 0 spiro atoms. The summed E-state index contributed by atoms with van der Waals surface area (Å²) >= 11 is 1.23. The average Bonchev–Trinajstić information content (AvgIpc) is 3.08. The minimum Gasteiger partial charge on any atom is -0.383 e. The Balaban J connectivity index is 1.81. The Labute approximate surface area is 186 Å². The second-order valence-electron chi connectivity index (χ2n) is 7.74. The van der Waals surface area contributed by atoms with Crippen LogP contribution in [0, 0.1) is 11.3 Å². The third-order valence-electron chi connectivity index (χ3n) is 5.37. The number of aliphatic imine (C=N–C) groups is 1. The highest BCUT2D eigenvalue weighted by Crippen LogP contribution is 2.45. The molecule has 2 heterocycles. The zero-order valence-corrected chi connectivity index (χ0v) is 18.4. The fourth-order valence-electron chi connectivity index (χ4n) is 3.73. The second kappa shape index (κ2) is 8.32. The first-order chi connectivity index (χ1) is 14.9. The lowest BCUT2D eigenvalue weighted by molar-refractivity contribution is -0.113. The van der Waals surface area contributed by atoms with Crippen molar-refractivity contribution < 1.29 is 4.79 Å². The molecular weight excluding hydrogens is 406 g/mol.